The molecule has 0 saturated carbocycles. The van der Waals surface area contributed by atoms with Gasteiger partial charge in [-0.1, -0.05) is 18.2 Å². The lowest BCUT2D eigenvalue weighted by Crippen LogP contribution is -2.36. The molecule has 1 N–H and O–H groups in total. The van der Waals surface area contributed by atoms with Crippen LogP contribution in [0.2, 0.25) is 0 Å². The smallest absolute Gasteiger partial charge is 0.156 e. The van der Waals surface area contributed by atoms with Gasteiger partial charge >= 0.3 is 0 Å². The zero-order valence-electron chi connectivity index (χ0n) is 11.6. The van der Waals surface area contributed by atoms with E-state index in [0.717, 1.165) is 11.3 Å². The normalized spacial score (nSPS) is 19.0. The number of para-hydroxylation sites is 1. The summed E-state index contributed by atoms with van der Waals surface area (Å²) in [5.74, 6) is 1.04. The van der Waals surface area contributed by atoms with Gasteiger partial charge in [0, 0.05) is 12.1 Å². The Kier molecular flexibility index (Phi) is 3.87. The van der Waals surface area contributed by atoms with Gasteiger partial charge in [-0.15, -0.1) is 0 Å². The zero-order valence-corrected chi connectivity index (χ0v) is 12.5. The van der Waals surface area contributed by atoms with Gasteiger partial charge in [0.15, 0.2) is 9.84 Å². The Morgan fingerprint density at radius 2 is 2.00 bits per heavy atom. The molecule has 5 heteroatoms. The minimum atomic E-state index is -3.07. The molecule has 0 amide bonds. The van der Waals surface area contributed by atoms with Crippen molar-refractivity contribution in [2.75, 3.05) is 18.9 Å². The summed E-state index contributed by atoms with van der Waals surface area (Å²) in [6.45, 7) is 6.21. The van der Waals surface area contributed by atoms with Gasteiger partial charge in [0.05, 0.1) is 16.5 Å². The van der Waals surface area contributed by atoms with Crippen LogP contribution in [-0.2, 0) is 9.84 Å². The maximum absolute atomic E-state index is 12.0. The molecule has 19 heavy (non-hydrogen) atoms. The van der Waals surface area contributed by atoms with Gasteiger partial charge in [0.25, 0.3) is 0 Å². The summed E-state index contributed by atoms with van der Waals surface area (Å²) >= 11 is 0. The third kappa shape index (κ3) is 3.09. The summed E-state index contributed by atoms with van der Waals surface area (Å²) in [4.78, 5) is 0. The molecule has 0 aliphatic carbocycles. The van der Waals surface area contributed by atoms with Gasteiger partial charge in [-0.3, -0.25) is 0 Å². The molecule has 0 radical (unpaired) electrons. The predicted molar refractivity (Wildman–Crippen MR) is 76.2 cm³/mol. The van der Waals surface area contributed by atoms with E-state index in [4.69, 9.17) is 4.74 Å². The Bertz CT molecular complexity index is 546. The Morgan fingerprint density at radius 1 is 1.32 bits per heavy atom. The molecule has 1 aromatic carbocycles. The minimum Gasteiger partial charge on any atom is -0.491 e. The van der Waals surface area contributed by atoms with E-state index in [-0.39, 0.29) is 11.8 Å². The van der Waals surface area contributed by atoms with E-state index in [2.05, 4.69) is 5.32 Å². The van der Waals surface area contributed by atoms with Crippen LogP contribution in [0.25, 0.3) is 0 Å². The highest BCUT2D eigenvalue weighted by Gasteiger charge is 2.29. The highest BCUT2D eigenvalue weighted by atomic mass is 32.2. The van der Waals surface area contributed by atoms with Gasteiger partial charge < -0.3 is 10.1 Å². The lowest BCUT2D eigenvalue weighted by molar-refractivity contribution is 0.313. The summed E-state index contributed by atoms with van der Waals surface area (Å²) < 4.78 is 28.9. The number of rotatable bonds is 4. The third-order valence-corrected chi connectivity index (χ3v) is 6.00. The molecular formula is C14H21NO3S. The maximum atomic E-state index is 12.0. The Labute approximate surface area is 115 Å². The number of sulfone groups is 1. The lowest BCUT2D eigenvalue weighted by Gasteiger charge is -2.20. The second-order valence-electron chi connectivity index (χ2n) is 5.79. The van der Waals surface area contributed by atoms with E-state index in [1.165, 1.54) is 0 Å². The Morgan fingerprint density at radius 3 is 2.68 bits per heavy atom. The monoisotopic (exact) mass is 283 g/mol. The minimum absolute atomic E-state index is 0.0892. The molecule has 0 bridgehead atoms. The Hall–Kier alpha value is -1.07. The predicted octanol–water partition coefficient (Wildman–Crippen LogP) is 1.92. The molecule has 1 aliphatic rings. The van der Waals surface area contributed by atoms with Crippen molar-refractivity contribution < 1.29 is 13.2 Å². The van der Waals surface area contributed by atoms with Crippen LogP contribution in [0.3, 0.4) is 0 Å². The Balaban J connectivity index is 1.92. The van der Waals surface area contributed by atoms with Crippen LogP contribution in [0.15, 0.2) is 24.3 Å². The fraction of sp³-hybridized carbons (Fsp3) is 0.571. The van der Waals surface area contributed by atoms with Crippen LogP contribution in [0.4, 0.5) is 0 Å². The van der Waals surface area contributed by atoms with Crippen molar-refractivity contribution in [3.05, 3.63) is 29.8 Å². The van der Waals surface area contributed by atoms with Crippen molar-refractivity contribution in [2.24, 2.45) is 0 Å². The summed E-state index contributed by atoms with van der Waals surface area (Å²) in [7, 11) is -3.07. The summed E-state index contributed by atoms with van der Waals surface area (Å²) in [5, 5.41) is 3.26. The van der Waals surface area contributed by atoms with Gasteiger partial charge in [0.2, 0.25) is 0 Å². The van der Waals surface area contributed by atoms with Crippen molar-refractivity contribution in [1.29, 1.82) is 0 Å². The van der Waals surface area contributed by atoms with Crippen molar-refractivity contribution in [2.45, 2.75) is 31.6 Å². The van der Waals surface area contributed by atoms with Crippen molar-refractivity contribution >= 4 is 9.84 Å². The van der Waals surface area contributed by atoms with Crippen LogP contribution in [0.1, 0.15) is 32.4 Å². The van der Waals surface area contributed by atoms with Crippen molar-refractivity contribution in [1.82, 2.24) is 5.32 Å². The fourth-order valence-corrected chi connectivity index (χ4v) is 3.00. The van der Waals surface area contributed by atoms with Crippen LogP contribution >= 0.6 is 0 Å². The largest absolute Gasteiger partial charge is 0.491 e. The molecule has 106 valence electrons. The molecule has 2 rings (SSSR count). The first-order valence-corrected chi connectivity index (χ1v) is 8.14. The molecule has 1 atom stereocenters. The highest BCUT2D eigenvalue weighted by Crippen LogP contribution is 2.31. The quantitative estimate of drug-likeness (QED) is 0.917. The summed E-state index contributed by atoms with van der Waals surface area (Å²) in [6.07, 6.45) is 0. The first-order chi connectivity index (χ1) is 8.81. The molecule has 0 saturated heterocycles. The van der Waals surface area contributed by atoms with E-state index in [1.54, 1.807) is 20.8 Å². The first-order valence-electron chi connectivity index (χ1n) is 6.49. The number of ether oxygens (including phenoxy) is 1. The zero-order chi connectivity index (χ0) is 14.1. The topological polar surface area (TPSA) is 55.4 Å². The molecular weight excluding hydrogens is 262 g/mol. The highest BCUT2D eigenvalue weighted by molar-refractivity contribution is 7.92. The molecule has 0 spiro atoms. The second-order valence-corrected chi connectivity index (χ2v) is 8.65. The van der Waals surface area contributed by atoms with Gasteiger partial charge in [-0.05, 0) is 26.8 Å². The second kappa shape index (κ2) is 5.13. The van der Waals surface area contributed by atoms with Gasteiger partial charge in [-0.2, -0.15) is 0 Å². The molecule has 0 fully saturated rings. The number of hydrogen-bond acceptors (Lipinski definition) is 4. The van der Waals surface area contributed by atoms with Gasteiger partial charge in [0.1, 0.15) is 12.4 Å². The number of fused-ring (bicyclic) bond motifs is 1. The number of hydrogen-bond donors (Lipinski definition) is 1. The molecule has 1 aliphatic heterocycles. The summed E-state index contributed by atoms with van der Waals surface area (Å²) in [6, 6.07) is 7.94. The standard InChI is InChI=1S/C14H21NO3S/c1-14(2,3)19(16,17)9-8-15-12-10-18-13-7-5-4-6-11(12)13/h4-7,12,15H,8-10H2,1-3H3. The van der Waals surface area contributed by atoms with Crippen molar-refractivity contribution in [3.8, 4) is 5.75 Å². The van der Waals surface area contributed by atoms with E-state index in [1.807, 2.05) is 24.3 Å². The third-order valence-electron chi connectivity index (χ3n) is 3.39. The van der Waals surface area contributed by atoms with E-state index < -0.39 is 14.6 Å². The first kappa shape index (κ1) is 14.3. The maximum Gasteiger partial charge on any atom is 0.156 e. The van der Waals surface area contributed by atoms with Crippen molar-refractivity contribution in [3.63, 3.8) is 0 Å². The average Bonchev–Trinajstić information content (AvgIpc) is 2.71. The SMILES string of the molecule is CC(C)(C)S(=O)(=O)CCNC1COc2ccccc21. The lowest BCUT2D eigenvalue weighted by atomic mass is 10.1. The van der Waals surface area contributed by atoms with Gasteiger partial charge in [-0.25, -0.2) is 8.42 Å². The molecule has 1 aromatic rings. The average molecular weight is 283 g/mol. The fourth-order valence-electron chi connectivity index (χ4n) is 2.01. The van der Waals surface area contributed by atoms with Crippen LogP contribution in [0, 0.1) is 0 Å². The van der Waals surface area contributed by atoms with E-state index >= 15 is 0 Å². The van der Waals surface area contributed by atoms with Crippen LogP contribution < -0.4 is 10.1 Å². The molecule has 1 unspecified atom stereocenters. The van der Waals surface area contributed by atoms with Crippen LogP contribution in [-0.4, -0.2) is 32.1 Å². The van der Waals surface area contributed by atoms with Crippen LogP contribution in [0.5, 0.6) is 5.75 Å². The number of benzene rings is 1. The molecule has 4 nitrogen and oxygen atoms in total. The molecule has 0 aromatic heterocycles. The van der Waals surface area contributed by atoms with E-state index in [0.29, 0.717) is 13.2 Å². The number of nitrogens with one attached hydrogen (secondary N) is 1. The van der Waals surface area contributed by atoms with E-state index in [9.17, 15) is 8.42 Å². The molecule has 1 heterocycles. The summed E-state index contributed by atoms with van der Waals surface area (Å²) in [5.41, 5.74) is 1.11.